The zero-order chi connectivity index (χ0) is 23.8. The molecule has 6 heteroatoms. The SMILES string of the molecule is COc1ccc(CCOc2cccc(-c3cccc(CC(=O)c4ccccn4)c3)n2)cc1OC. The minimum absolute atomic E-state index is 0.0158. The molecule has 4 rings (SSSR count). The van der Waals surface area contributed by atoms with Crippen LogP contribution in [0.4, 0.5) is 0 Å². The maximum absolute atomic E-state index is 12.5. The van der Waals surface area contributed by atoms with Gasteiger partial charge in [0.05, 0.1) is 26.5 Å². The monoisotopic (exact) mass is 454 g/mol. The van der Waals surface area contributed by atoms with Gasteiger partial charge in [-0.05, 0) is 47.5 Å². The van der Waals surface area contributed by atoms with Crippen molar-refractivity contribution in [1.82, 2.24) is 9.97 Å². The standard InChI is InChI=1S/C28H26N2O4/c1-32-26-13-12-20(19-27(26)33-2)14-16-34-28-11-6-10-23(30-28)22-8-5-7-21(17-22)18-25(31)24-9-3-4-15-29-24/h3-13,15,17,19H,14,16,18H2,1-2H3. The third-order valence-electron chi connectivity index (χ3n) is 5.35. The van der Waals surface area contributed by atoms with Crippen LogP contribution in [-0.2, 0) is 12.8 Å². The van der Waals surface area contributed by atoms with Crippen molar-refractivity contribution in [3.63, 3.8) is 0 Å². The van der Waals surface area contributed by atoms with Crippen molar-refractivity contribution in [1.29, 1.82) is 0 Å². The molecule has 0 atom stereocenters. The van der Waals surface area contributed by atoms with Crippen LogP contribution >= 0.6 is 0 Å². The Kier molecular flexibility index (Phi) is 7.50. The van der Waals surface area contributed by atoms with Crippen LogP contribution in [0.15, 0.2) is 85.1 Å². The van der Waals surface area contributed by atoms with E-state index in [0.717, 1.165) is 22.4 Å². The predicted octanol–water partition coefficient (Wildman–Crippen LogP) is 5.21. The van der Waals surface area contributed by atoms with Crippen LogP contribution in [0.5, 0.6) is 17.4 Å². The highest BCUT2D eigenvalue weighted by molar-refractivity contribution is 5.95. The Morgan fingerprint density at radius 1 is 0.824 bits per heavy atom. The molecule has 34 heavy (non-hydrogen) atoms. The molecule has 0 saturated heterocycles. The molecule has 0 fully saturated rings. The molecular weight excluding hydrogens is 428 g/mol. The molecule has 0 aliphatic carbocycles. The lowest BCUT2D eigenvalue weighted by molar-refractivity contribution is 0.0988. The number of hydrogen-bond donors (Lipinski definition) is 0. The number of hydrogen-bond acceptors (Lipinski definition) is 6. The fourth-order valence-corrected chi connectivity index (χ4v) is 3.61. The maximum Gasteiger partial charge on any atom is 0.213 e. The Morgan fingerprint density at radius 2 is 1.68 bits per heavy atom. The number of carbonyl (C=O) groups is 1. The maximum atomic E-state index is 12.5. The van der Waals surface area contributed by atoms with E-state index >= 15 is 0 Å². The van der Waals surface area contributed by atoms with Gasteiger partial charge in [-0.3, -0.25) is 9.78 Å². The number of nitrogens with zero attached hydrogens (tertiary/aromatic N) is 2. The lowest BCUT2D eigenvalue weighted by atomic mass is 10.0. The summed E-state index contributed by atoms with van der Waals surface area (Å²) in [6.45, 7) is 0.477. The van der Waals surface area contributed by atoms with Gasteiger partial charge in [0.15, 0.2) is 17.3 Å². The van der Waals surface area contributed by atoms with E-state index in [9.17, 15) is 4.79 Å². The van der Waals surface area contributed by atoms with Gasteiger partial charge in [-0.15, -0.1) is 0 Å². The van der Waals surface area contributed by atoms with Crippen molar-refractivity contribution in [3.05, 3.63) is 102 Å². The van der Waals surface area contributed by atoms with E-state index in [1.807, 2.05) is 66.7 Å². The van der Waals surface area contributed by atoms with Gasteiger partial charge >= 0.3 is 0 Å². The van der Waals surface area contributed by atoms with Crippen LogP contribution in [0.25, 0.3) is 11.3 Å². The predicted molar refractivity (Wildman–Crippen MR) is 131 cm³/mol. The number of Topliss-reactive ketones (excluding diaryl/α,β-unsaturated/α-hetero) is 1. The van der Waals surface area contributed by atoms with E-state index < -0.39 is 0 Å². The molecule has 0 aliphatic heterocycles. The number of ketones is 1. The van der Waals surface area contributed by atoms with E-state index in [2.05, 4.69) is 9.97 Å². The highest BCUT2D eigenvalue weighted by Gasteiger charge is 2.10. The molecule has 2 aromatic carbocycles. The third-order valence-corrected chi connectivity index (χ3v) is 5.35. The average molecular weight is 455 g/mol. The molecular formula is C28H26N2O4. The quantitative estimate of drug-likeness (QED) is 0.307. The molecule has 0 bridgehead atoms. The second-order valence-electron chi connectivity index (χ2n) is 7.66. The summed E-state index contributed by atoms with van der Waals surface area (Å²) in [4.78, 5) is 21.3. The summed E-state index contributed by atoms with van der Waals surface area (Å²) in [5.74, 6) is 1.93. The summed E-state index contributed by atoms with van der Waals surface area (Å²) in [6.07, 6.45) is 2.62. The van der Waals surface area contributed by atoms with E-state index in [-0.39, 0.29) is 12.2 Å². The van der Waals surface area contributed by atoms with Gasteiger partial charge in [-0.25, -0.2) is 4.98 Å². The Morgan fingerprint density at radius 3 is 2.47 bits per heavy atom. The van der Waals surface area contributed by atoms with E-state index in [1.165, 1.54) is 0 Å². The highest BCUT2D eigenvalue weighted by Crippen LogP contribution is 2.28. The van der Waals surface area contributed by atoms with Gasteiger partial charge in [0, 0.05) is 30.7 Å². The molecule has 0 amide bonds. The van der Waals surface area contributed by atoms with Crippen LogP contribution < -0.4 is 14.2 Å². The molecule has 6 nitrogen and oxygen atoms in total. The van der Waals surface area contributed by atoms with E-state index in [4.69, 9.17) is 14.2 Å². The van der Waals surface area contributed by atoms with Gasteiger partial charge < -0.3 is 14.2 Å². The number of methoxy groups -OCH3 is 2. The van der Waals surface area contributed by atoms with Crippen LogP contribution in [0.1, 0.15) is 21.6 Å². The summed E-state index contributed by atoms with van der Waals surface area (Å²) in [6, 6.07) is 24.7. The fourth-order valence-electron chi connectivity index (χ4n) is 3.61. The summed E-state index contributed by atoms with van der Waals surface area (Å²) >= 11 is 0. The first kappa shape index (κ1) is 23.0. The second kappa shape index (κ2) is 11.1. The van der Waals surface area contributed by atoms with Crippen LogP contribution in [-0.4, -0.2) is 36.6 Å². The molecule has 2 heterocycles. The summed E-state index contributed by atoms with van der Waals surface area (Å²) in [5.41, 5.74) is 4.18. The van der Waals surface area contributed by atoms with Crippen molar-refractivity contribution >= 4 is 5.78 Å². The molecule has 2 aromatic heterocycles. The Bertz CT molecular complexity index is 1260. The first-order chi connectivity index (χ1) is 16.7. The molecule has 172 valence electrons. The number of aromatic nitrogens is 2. The Labute approximate surface area is 199 Å². The van der Waals surface area contributed by atoms with Crippen LogP contribution in [0.3, 0.4) is 0 Å². The third kappa shape index (κ3) is 5.78. The smallest absolute Gasteiger partial charge is 0.213 e. The van der Waals surface area contributed by atoms with Crippen molar-refractivity contribution in [2.75, 3.05) is 20.8 Å². The number of pyridine rings is 2. The van der Waals surface area contributed by atoms with Crippen molar-refractivity contribution < 1.29 is 19.0 Å². The lowest BCUT2D eigenvalue weighted by Crippen LogP contribution is -2.05. The number of ether oxygens (including phenoxy) is 3. The largest absolute Gasteiger partial charge is 0.493 e. The van der Waals surface area contributed by atoms with Gasteiger partial charge in [0.25, 0.3) is 0 Å². The van der Waals surface area contributed by atoms with Gasteiger partial charge in [0.2, 0.25) is 5.88 Å². The minimum Gasteiger partial charge on any atom is -0.493 e. The van der Waals surface area contributed by atoms with Gasteiger partial charge in [-0.2, -0.15) is 0 Å². The summed E-state index contributed by atoms with van der Waals surface area (Å²) in [5, 5.41) is 0. The van der Waals surface area contributed by atoms with E-state index in [1.54, 1.807) is 32.5 Å². The molecule has 4 aromatic rings. The van der Waals surface area contributed by atoms with Crippen molar-refractivity contribution in [2.24, 2.45) is 0 Å². The van der Waals surface area contributed by atoms with Crippen LogP contribution in [0, 0.1) is 0 Å². The van der Waals surface area contributed by atoms with Crippen molar-refractivity contribution in [2.45, 2.75) is 12.8 Å². The molecule has 0 aliphatic rings. The van der Waals surface area contributed by atoms with Gasteiger partial charge in [-0.1, -0.05) is 36.4 Å². The molecule has 0 N–H and O–H groups in total. The fraction of sp³-hybridized carbons (Fsp3) is 0.179. The zero-order valence-corrected chi connectivity index (χ0v) is 19.2. The number of benzene rings is 2. The summed E-state index contributed by atoms with van der Waals surface area (Å²) in [7, 11) is 3.24. The molecule has 0 unspecified atom stereocenters. The molecule has 0 saturated carbocycles. The van der Waals surface area contributed by atoms with Gasteiger partial charge in [0.1, 0.15) is 5.69 Å². The number of carbonyl (C=O) groups excluding carboxylic acids is 1. The highest BCUT2D eigenvalue weighted by atomic mass is 16.5. The first-order valence-electron chi connectivity index (χ1n) is 11.0. The molecule has 0 radical (unpaired) electrons. The zero-order valence-electron chi connectivity index (χ0n) is 19.2. The molecule has 0 spiro atoms. The number of rotatable bonds is 10. The lowest BCUT2D eigenvalue weighted by Gasteiger charge is -2.11. The topological polar surface area (TPSA) is 70.5 Å². The van der Waals surface area contributed by atoms with Crippen LogP contribution in [0.2, 0.25) is 0 Å². The Balaban J connectivity index is 1.40. The average Bonchev–Trinajstić information content (AvgIpc) is 2.89. The first-order valence-corrected chi connectivity index (χ1v) is 11.0. The summed E-state index contributed by atoms with van der Waals surface area (Å²) < 4.78 is 16.6. The van der Waals surface area contributed by atoms with Crippen molar-refractivity contribution in [3.8, 4) is 28.6 Å². The minimum atomic E-state index is -0.0158. The second-order valence-corrected chi connectivity index (χ2v) is 7.66. The van der Waals surface area contributed by atoms with E-state index in [0.29, 0.717) is 36.1 Å². The Hall–Kier alpha value is -4.19. The normalized spacial score (nSPS) is 10.5.